The summed E-state index contributed by atoms with van der Waals surface area (Å²) in [6, 6.07) is 7.72. The van der Waals surface area contributed by atoms with Crippen molar-refractivity contribution in [1.82, 2.24) is 10.2 Å². The molecular formula is C15H12BrN3OS2. The van der Waals surface area contributed by atoms with E-state index in [9.17, 15) is 4.79 Å². The van der Waals surface area contributed by atoms with E-state index in [-0.39, 0.29) is 5.78 Å². The number of thioether (sulfide) groups is 1. The lowest BCUT2D eigenvalue weighted by Gasteiger charge is -2.00. The standard InChI is InChI=1S/C15H12BrN3OS2/c1-2-11-18-19-15(22-11)12-13(20)10(21-14(12)17)7-8-3-5-9(16)6-4-8/h3-7,12,17H,2H2,1H3/b10-7-,17-14?/t12-/m1/s1. The first-order chi connectivity index (χ1) is 10.6. The maximum atomic E-state index is 12.6. The number of aromatic nitrogens is 2. The molecule has 7 heteroatoms. The van der Waals surface area contributed by atoms with Crippen LogP contribution in [0, 0.1) is 5.41 Å². The van der Waals surface area contributed by atoms with E-state index in [0.29, 0.717) is 15.0 Å². The maximum absolute atomic E-state index is 12.6. The molecule has 0 aliphatic carbocycles. The van der Waals surface area contributed by atoms with Gasteiger partial charge in [0.15, 0.2) is 5.78 Å². The quantitative estimate of drug-likeness (QED) is 0.790. The van der Waals surface area contributed by atoms with Crippen LogP contribution in [0.3, 0.4) is 0 Å². The molecular weight excluding hydrogens is 382 g/mol. The maximum Gasteiger partial charge on any atom is 0.186 e. The van der Waals surface area contributed by atoms with Crippen LogP contribution < -0.4 is 0 Å². The number of Topliss-reactive ketones (excluding diaryl/α,β-unsaturated/α-hetero) is 1. The fraction of sp³-hybridized carbons (Fsp3) is 0.200. The van der Waals surface area contributed by atoms with Gasteiger partial charge in [-0.05, 0) is 30.2 Å². The number of hydrogen-bond acceptors (Lipinski definition) is 6. The molecule has 1 fully saturated rings. The Morgan fingerprint density at radius 2 is 2.05 bits per heavy atom. The van der Waals surface area contributed by atoms with Gasteiger partial charge in [-0.2, -0.15) is 0 Å². The summed E-state index contributed by atoms with van der Waals surface area (Å²) in [5.41, 5.74) is 0.944. The second-order valence-corrected chi connectivity index (χ2v) is 7.80. The number of nitrogens with zero attached hydrogens (tertiary/aromatic N) is 2. The molecule has 0 bridgehead atoms. The topological polar surface area (TPSA) is 66.7 Å². The Morgan fingerprint density at radius 1 is 1.32 bits per heavy atom. The van der Waals surface area contributed by atoms with Crippen LogP contribution in [0.2, 0.25) is 0 Å². The molecule has 1 saturated heterocycles. The van der Waals surface area contributed by atoms with E-state index in [1.165, 1.54) is 23.1 Å². The van der Waals surface area contributed by atoms with Crippen molar-refractivity contribution in [2.24, 2.45) is 0 Å². The van der Waals surface area contributed by atoms with Gasteiger partial charge in [-0.1, -0.05) is 46.7 Å². The smallest absolute Gasteiger partial charge is 0.186 e. The van der Waals surface area contributed by atoms with E-state index in [1.807, 2.05) is 37.3 Å². The highest BCUT2D eigenvalue weighted by atomic mass is 79.9. The highest BCUT2D eigenvalue weighted by Crippen LogP contribution is 2.41. The third-order valence-corrected chi connectivity index (χ3v) is 5.84. The Labute approximate surface area is 144 Å². The minimum absolute atomic E-state index is 0.0586. The average Bonchev–Trinajstić information content (AvgIpc) is 3.07. The molecule has 0 spiro atoms. The molecule has 1 aliphatic rings. The predicted molar refractivity (Wildman–Crippen MR) is 94.5 cm³/mol. The molecule has 1 N–H and O–H groups in total. The first kappa shape index (κ1) is 15.6. The molecule has 1 atom stereocenters. The van der Waals surface area contributed by atoms with E-state index in [2.05, 4.69) is 26.1 Å². The van der Waals surface area contributed by atoms with E-state index >= 15 is 0 Å². The van der Waals surface area contributed by atoms with Crippen LogP contribution in [-0.4, -0.2) is 21.0 Å². The number of aryl methyl sites for hydroxylation is 1. The number of nitrogens with one attached hydrogen (secondary N) is 1. The van der Waals surface area contributed by atoms with Crippen LogP contribution in [0.5, 0.6) is 0 Å². The lowest BCUT2D eigenvalue weighted by molar-refractivity contribution is -0.114. The normalized spacial score (nSPS) is 20.1. The van der Waals surface area contributed by atoms with Crippen LogP contribution in [0.15, 0.2) is 33.6 Å². The minimum Gasteiger partial charge on any atom is -0.297 e. The molecule has 1 aromatic heterocycles. The summed E-state index contributed by atoms with van der Waals surface area (Å²) in [5, 5.41) is 18.1. The Balaban J connectivity index is 1.89. The molecule has 3 rings (SSSR count). The zero-order valence-electron chi connectivity index (χ0n) is 11.7. The van der Waals surface area contributed by atoms with Crippen molar-refractivity contribution < 1.29 is 4.79 Å². The molecule has 112 valence electrons. The number of rotatable bonds is 3. The van der Waals surface area contributed by atoms with Crippen LogP contribution in [0.1, 0.15) is 28.4 Å². The monoisotopic (exact) mass is 393 g/mol. The summed E-state index contributed by atoms with van der Waals surface area (Å²) < 4.78 is 0.992. The summed E-state index contributed by atoms with van der Waals surface area (Å²) >= 11 is 6.02. The Kier molecular flexibility index (Phi) is 4.56. The van der Waals surface area contributed by atoms with Gasteiger partial charge in [0.2, 0.25) is 0 Å². The highest BCUT2D eigenvalue weighted by Gasteiger charge is 2.39. The average molecular weight is 394 g/mol. The molecule has 0 saturated carbocycles. The molecule has 1 aliphatic heterocycles. The lowest BCUT2D eigenvalue weighted by Crippen LogP contribution is -2.11. The van der Waals surface area contributed by atoms with E-state index < -0.39 is 5.92 Å². The second-order valence-electron chi connectivity index (χ2n) is 4.71. The van der Waals surface area contributed by atoms with Gasteiger partial charge >= 0.3 is 0 Å². The zero-order valence-corrected chi connectivity index (χ0v) is 14.9. The largest absolute Gasteiger partial charge is 0.297 e. The molecule has 4 nitrogen and oxygen atoms in total. The van der Waals surface area contributed by atoms with Crippen LogP contribution >= 0.6 is 39.0 Å². The Hall–Kier alpha value is -1.31. The van der Waals surface area contributed by atoms with Gasteiger partial charge < -0.3 is 0 Å². The summed E-state index contributed by atoms with van der Waals surface area (Å²) in [7, 11) is 0. The zero-order chi connectivity index (χ0) is 15.7. The van der Waals surface area contributed by atoms with Gasteiger partial charge in [0.1, 0.15) is 15.9 Å². The molecule has 1 aromatic carbocycles. The number of hydrogen-bond donors (Lipinski definition) is 1. The van der Waals surface area contributed by atoms with E-state index in [4.69, 9.17) is 5.41 Å². The van der Waals surface area contributed by atoms with Crippen molar-refractivity contribution >= 4 is 55.9 Å². The fourth-order valence-electron chi connectivity index (χ4n) is 2.05. The van der Waals surface area contributed by atoms with Gasteiger partial charge in [0, 0.05) is 4.47 Å². The highest BCUT2D eigenvalue weighted by molar-refractivity contribution is 9.10. The van der Waals surface area contributed by atoms with Gasteiger partial charge in [0.05, 0.1) is 9.95 Å². The predicted octanol–water partition coefficient (Wildman–Crippen LogP) is 4.28. The Morgan fingerprint density at radius 3 is 2.68 bits per heavy atom. The number of halogens is 1. The number of ketones is 1. The van der Waals surface area contributed by atoms with Crippen LogP contribution in [-0.2, 0) is 11.2 Å². The second kappa shape index (κ2) is 6.44. The number of benzene rings is 1. The van der Waals surface area contributed by atoms with Gasteiger partial charge in [0.25, 0.3) is 0 Å². The van der Waals surface area contributed by atoms with Gasteiger partial charge in [-0.15, -0.1) is 21.5 Å². The van der Waals surface area contributed by atoms with Crippen molar-refractivity contribution in [3.8, 4) is 0 Å². The van der Waals surface area contributed by atoms with Gasteiger partial charge in [-0.25, -0.2) is 0 Å². The molecule has 0 radical (unpaired) electrons. The van der Waals surface area contributed by atoms with Crippen molar-refractivity contribution in [1.29, 1.82) is 5.41 Å². The third-order valence-electron chi connectivity index (χ3n) is 3.19. The van der Waals surface area contributed by atoms with Gasteiger partial charge in [-0.3, -0.25) is 10.2 Å². The molecule has 22 heavy (non-hydrogen) atoms. The number of carbonyl (C=O) groups is 1. The van der Waals surface area contributed by atoms with Crippen molar-refractivity contribution in [3.05, 3.63) is 49.2 Å². The fourth-order valence-corrected chi connectivity index (χ4v) is 4.27. The first-order valence-electron chi connectivity index (χ1n) is 6.68. The number of allylic oxidation sites excluding steroid dienone is 1. The first-order valence-corrected chi connectivity index (χ1v) is 9.11. The molecule has 2 heterocycles. The SMILES string of the molecule is CCc1nnc([C@H]2C(=N)S/C(=C\c3ccc(Br)cc3)C2=O)s1. The summed E-state index contributed by atoms with van der Waals surface area (Å²) in [5.74, 6) is -0.638. The summed E-state index contributed by atoms with van der Waals surface area (Å²) in [6.45, 7) is 2.00. The van der Waals surface area contributed by atoms with Crippen molar-refractivity contribution in [2.45, 2.75) is 19.3 Å². The minimum atomic E-state index is -0.579. The summed E-state index contributed by atoms with van der Waals surface area (Å²) in [6.07, 6.45) is 2.62. The molecule has 2 aromatic rings. The number of carbonyl (C=O) groups excluding carboxylic acids is 1. The van der Waals surface area contributed by atoms with E-state index in [0.717, 1.165) is 21.5 Å². The lowest BCUT2D eigenvalue weighted by atomic mass is 10.1. The van der Waals surface area contributed by atoms with Crippen LogP contribution in [0.4, 0.5) is 0 Å². The van der Waals surface area contributed by atoms with E-state index in [1.54, 1.807) is 0 Å². The molecule has 0 amide bonds. The summed E-state index contributed by atoms with van der Waals surface area (Å²) in [4.78, 5) is 13.2. The third kappa shape index (κ3) is 3.06. The molecule has 0 unspecified atom stereocenters. The van der Waals surface area contributed by atoms with Crippen molar-refractivity contribution in [2.75, 3.05) is 0 Å². The van der Waals surface area contributed by atoms with Crippen molar-refractivity contribution in [3.63, 3.8) is 0 Å². The van der Waals surface area contributed by atoms with Crippen LogP contribution in [0.25, 0.3) is 6.08 Å². The Bertz CT molecular complexity index is 767.